The summed E-state index contributed by atoms with van der Waals surface area (Å²) in [5.41, 5.74) is 4.33. The molecule has 0 unspecified atom stereocenters. The van der Waals surface area contributed by atoms with Crippen molar-refractivity contribution in [2.75, 3.05) is 5.32 Å². The van der Waals surface area contributed by atoms with Gasteiger partial charge in [0.05, 0.1) is 33.6 Å². The van der Waals surface area contributed by atoms with Gasteiger partial charge in [-0.05, 0) is 61.0 Å². The zero-order valence-electron chi connectivity index (χ0n) is 15.8. The number of anilines is 1. The Morgan fingerprint density at radius 2 is 1.96 bits per heavy atom. The van der Waals surface area contributed by atoms with Crippen molar-refractivity contribution in [1.82, 2.24) is 14.8 Å². The van der Waals surface area contributed by atoms with Crippen LogP contribution in [0.25, 0.3) is 10.9 Å². The topological polar surface area (TPSA) is 73.0 Å². The van der Waals surface area contributed by atoms with Crippen molar-refractivity contribution in [2.24, 2.45) is 0 Å². The molecule has 0 aliphatic carbocycles. The van der Waals surface area contributed by atoms with Crippen LogP contribution in [0.2, 0.25) is 0 Å². The van der Waals surface area contributed by atoms with E-state index in [9.17, 15) is 4.79 Å². The van der Waals surface area contributed by atoms with E-state index in [4.69, 9.17) is 4.42 Å². The predicted molar refractivity (Wildman–Crippen MR) is 112 cm³/mol. The quantitative estimate of drug-likeness (QED) is 0.485. The van der Waals surface area contributed by atoms with E-state index in [1.54, 1.807) is 12.1 Å². The van der Waals surface area contributed by atoms with Gasteiger partial charge in [0.2, 0.25) is 0 Å². The molecule has 3 aromatic heterocycles. The van der Waals surface area contributed by atoms with E-state index in [-0.39, 0.29) is 11.7 Å². The number of benzene rings is 1. The second-order valence-electron chi connectivity index (χ2n) is 6.69. The average Bonchev–Trinajstić information content (AvgIpc) is 3.23. The molecule has 7 heteroatoms. The predicted octanol–water partition coefficient (Wildman–Crippen LogP) is 5.01. The van der Waals surface area contributed by atoms with Gasteiger partial charge in [-0.3, -0.25) is 14.5 Å². The number of furan rings is 1. The van der Waals surface area contributed by atoms with Crippen LogP contribution in [0.5, 0.6) is 0 Å². The third-order valence-electron chi connectivity index (χ3n) is 4.58. The van der Waals surface area contributed by atoms with Gasteiger partial charge in [-0.1, -0.05) is 18.2 Å². The van der Waals surface area contributed by atoms with E-state index in [1.807, 2.05) is 55.8 Å². The molecule has 0 radical (unpaired) electrons. The normalized spacial score (nSPS) is 11.1. The Balaban J connectivity index is 1.56. The van der Waals surface area contributed by atoms with Crippen molar-refractivity contribution < 1.29 is 9.21 Å². The number of carbonyl (C=O) groups excluding carboxylic acids is 1. The SMILES string of the molecule is Cc1cc(NC(=O)c2ccc(Cn3nc(C)c(Br)c3C)o2)c2ccccc2n1. The van der Waals surface area contributed by atoms with E-state index in [1.165, 1.54) is 0 Å². The Morgan fingerprint density at radius 1 is 1.18 bits per heavy atom. The molecule has 1 aromatic carbocycles. The fourth-order valence-corrected chi connectivity index (χ4v) is 3.44. The Hall–Kier alpha value is -2.93. The van der Waals surface area contributed by atoms with E-state index in [0.29, 0.717) is 18.0 Å². The first kappa shape index (κ1) is 18.4. The zero-order chi connectivity index (χ0) is 19.8. The van der Waals surface area contributed by atoms with Crippen molar-refractivity contribution in [3.05, 3.63) is 75.5 Å². The highest BCUT2D eigenvalue weighted by atomic mass is 79.9. The minimum absolute atomic E-state index is 0.258. The maximum absolute atomic E-state index is 12.7. The summed E-state index contributed by atoms with van der Waals surface area (Å²) in [6.07, 6.45) is 0. The number of nitrogens with zero attached hydrogens (tertiary/aromatic N) is 3. The molecule has 6 nitrogen and oxygen atoms in total. The molecule has 0 aliphatic rings. The van der Waals surface area contributed by atoms with Crippen molar-refractivity contribution in [1.29, 1.82) is 0 Å². The number of hydrogen-bond acceptors (Lipinski definition) is 4. The lowest BCUT2D eigenvalue weighted by Crippen LogP contribution is -2.12. The molecule has 0 saturated heterocycles. The highest BCUT2D eigenvalue weighted by Crippen LogP contribution is 2.24. The number of carbonyl (C=O) groups is 1. The molecule has 4 rings (SSSR count). The van der Waals surface area contributed by atoms with Gasteiger partial charge in [-0.15, -0.1) is 0 Å². The van der Waals surface area contributed by atoms with Gasteiger partial charge in [0.1, 0.15) is 5.76 Å². The fourth-order valence-electron chi connectivity index (χ4n) is 3.16. The van der Waals surface area contributed by atoms with Gasteiger partial charge in [0.25, 0.3) is 5.91 Å². The molecule has 0 fully saturated rings. The summed E-state index contributed by atoms with van der Waals surface area (Å²) in [5, 5.41) is 8.30. The minimum atomic E-state index is -0.295. The number of nitrogens with one attached hydrogen (secondary N) is 1. The smallest absolute Gasteiger partial charge is 0.291 e. The lowest BCUT2D eigenvalue weighted by molar-refractivity contribution is 0.0995. The third kappa shape index (κ3) is 3.45. The van der Waals surface area contributed by atoms with Gasteiger partial charge in [-0.2, -0.15) is 5.10 Å². The maximum Gasteiger partial charge on any atom is 0.291 e. The summed E-state index contributed by atoms with van der Waals surface area (Å²) in [5.74, 6) is 0.629. The number of fused-ring (bicyclic) bond motifs is 1. The molecule has 28 heavy (non-hydrogen) atoms. The van der Waals surface area contributed by atoms with Crippen LogP contribution in [-0.2, 0) is 6.54 Å². The van der Waals surface area contributed by atoms with Crippen LogP contribution in [0.4, 0.5) is 5.69 Å². The van der Waals surface area contributed by atoms with Gasteiger partial charge in [-0.25, -0.2) is 0 Å². The summed E-state index contributed by atoms with van der Waals surface area (Å²) >= 11 is 3.52. The molecular formula is C21H19BrN4O2. The number of pyridine rings is 1. The third-order valence-corrected chi connectivity index (χ3v) is 5.72. The Kier molecular flexibility index (Phi) is 4.77. The van der Waals surface area contributed by atoms with Gasteiger partial charge in [0, 0.05) is 11.1 Å². The number of para-hydroxylation sites is 1. The molecular weight excluding hydrogens is 420 g/mol. The van der Waals surface area contributed by atoms with Crippen molar-refractivity contribution in [3.63, 3.8) is 0 Å². The van der Waals surface area contributed by atoms with Crippen LogP contribution in [-0.4, -0.2) is 20.7 Å². The first-order valence-corrected chi connectivity index (χ1v) is 9.67. The maximum atomic E-state index is 12.7. The highest BCUT2D eigenvalue weighted by Gasteiger charge is 2.15. The number of amides is 1. The van der Waals surface area contributed by atoms with Crippen LogP contribution in [0.3, 0.4) is 0 Å². The Morgan fingerprint density at radius 3 is 2.71 bits per heavy atom. The molecule has 0 atom stereocenters. The summed E-state index contributed by atoms with van der Waals surface area (Å²) in [6, 6.07) is 13.1. The first-order valence-electron chi connectivity index (χ1n) is 8.88. The molecule has 3 heterocycles. The van der Waals surface area contributed by atoms with Crippen LogP contribution < -0.4 is 5.32 Å². The van der Waals surface area contributed by atoms with Gasteiger partial charge < -0.3 is 9.73 Å². The number of aromatic nitrogens is 3. The molecule has 1 N–H and O–H groups in total. The lowest BCUT2D eigenvalue weighted by Gasteiger charge is -2.08. The Labute approximate surface area is 170 Å². The van der Waals surface area contributed by atoms with E-state index in [2.05, 4.69) is 31.3 Å². The summed E-state index contributed by atoms with van der Waals surface area (Å²) in [7, 11) is 0. The zero-order valence-corrected chi connectivity index (χ0v) is 17.4. The first-order chi connectivity index (χ1) is 13.4. The van der Waals surface area contributed by atoms with Crippen molar-refractivity contribution in [3.8, 4) is 0 Å². The van der Waals surface area contributed by atoms with Crippen molar-refractivity contribution >= 4 is 38.4 Å². The van der Waals surface area contributed by atoms with Crippen molar-refractivity contribution in [2.45, 2.75) is 27.3 Å². The summed E-state index contributed by atoms with van der Waals surface area (Å²) < 4.78 is 8.59. The van der Waals surface area contributed by atoms with Gasteiger partial charge in [0.15, 0.2) is 5.76 Å². The Bertz CT molecular complexity index is 1190. The van der Waals surface area contributed by atoms with Gasteiger partial charge >= 0.3 is 0 Å². The molecule has 4 aromatic rings. The summed E-state index contributed by atoms with van der Waals surface area (Å²) in [6.45, 7) is 6.29. The monoisotopic (exact) mass is 438 g/mol. The van der Waals surface area contributed by atoms with E-state index >= 15 is 0 Å². The summed E-state index contributed by atoms with van der Waals surface area (Å²) in [4.78, 5) is 17.2. The van der Waals surface area contributed by atoms with E-state index < -0.39 is 0 Å². The largest absolute Gasteiger partial charge is 0.454 e. The standard InChI is InChI=1S/C21H19BrN4O2/c1-12-10-18(16-6-4-5-7-17(16)23-12)24-21(27)19-9-8-15(28-19)11-26-14(3)20(22)13(2)25-26/h4-10H,11H2,1-3H3,(H,23,24,27). The number of halogens is 1. The highest BCUT2D eigenvalue weighted by molar-refractivity contribution is 9.10. The van der Waals surface area contributed by atoms with Crippen LogP contribution >= 0.6 is 15.9 Å². The fraction of sp³-hybridized carbons (Fsp3) is 0.190. The molecule has 0 saturated carbocycles. The second-order valence-corrected chi connectivity index (χ2v) is 7.48. The number of rotatable bonds is 4. The number of aryl methyl sites for hydroxylation is 2. The van der Waals surface area contributed by atoms with Crippen LogP contribution in [0.1, 0.15) is 33.4 Å². The second kappa shape index (κ2) is 7.24. The lowest BCUT2D eigenvalue weighted by atomic mass is 10.1. The molecule has 0 bridgehead atoms. The molecule has 0 spiro atoms. The van der Waals surface area contributed by atoms with Crippen LogP contribution in [0, 0.1) is 20.8 Å². The average molecular weight is 439 g/mol. The van der Waals surface area contributed by atoms with Crippen LogP contribution in [0.15, 0.2) is 51.4 Å². The number of hydrogen-bond donors (Lipinski definition) is 1. The molecule has 0 aliphatic heterocycles. The van der Waals surface area contributed by atoms with E-state index in [0.717, 1.165) is 32.5 Å². The molecule has 1 amide bonds. The minimum Gasteiger partial charge on any atom is -0.454 e. The molecule has 142 valence electrons.